The molecule has 1 aliphatic heterocycles. The predicted octanol–water partition coefficient (Wildman–Crippen LogP) is -0.0202. The van der Waals surface area contributed by atoms with Crippen molar-refractivity contribution >= 4 is 0 Å². The Morgan fingerprint density at radius 2 is 2.50 bits per heavy atom. The van der Waals surface area contributed by atoms with Gasteiger partial charge in [0, 0.05) is 7.11 Å². The molecule has 0 radical (unpaired) electrons. The molecule has 4 nitrogen and oxygen atoms in total. The van der Waals surface area contributed by atoms with Crippen molar-refractivity contribution in [2.75, 3.05) is 33.9 Å². The van der Waals surface area contributed by atoms with Gasteiger partial charge in [0.15, 0.2) is 0 Å². The number of methoxy groups -OCH3 is 1. The Balaban J connectivity index is 1.91. The molecule has 0 aliphatic carbocycles. The largest absolute Gasteiger partial charge is 0.359 e. The lowest BCUT2D eigenvalue weighted by Crippen LogP contribution is -2.18. The van der Waals surface area contributed by atoms with E-state index in [0.717, 1.165) is 0 Å². The van der Waals surface area contributed by atoms with Crippen LogP contribution in [0, 0.1) is 0 Å². The fourth-order valence-corrected chi connectivity index (χ4v) is 0.731. The van der Waals surface area contributed by atoms with Crippen LogP contribution in [0.3, 0.4) is 0 Å². The monoisotopic (exact) mass is 148 g/mol. The molecular formula is C6H12O4. The van der Waals surface area contributed by atoms with Crippen molar-refractivity contribution in [1.29, 1.82) is 0 Å². The third kappa shape index (κ3) is 2.62. The van der Waals surface area contributed by atoms with Gasteiger partial charge in [-0.3, -0.25) is 0 Å². The number of hydrogen-bond donors (Lipinski definition) is 0. The van der Waals surface area contributed by atoms with E-state index in [4.69, 9.17) is 14.2 Å². The molecule has 1 fully saturated rings. The zero-order valence-corrected chi connectivity index (χ0v) is 6.04. The molecule has 0 N–H and O–H groups in total. The summed E-state index contributed by atoms with van der Waals surface area (Å²) in [6.45, 7) is 1.89. The standard InChI is InChI=1S/C6H12O4/c1-7-4-8-2-6-3-9-5-10-6/h6H,2-5H2,1H3. The van der Waals surface area contributed by atoms with E-state index in [1.165, 1.54) is 0 Å². The first-order valence-electron chi connectivity index (χ1n) is 3.19. The molecule has 0 aromatic rings. The van der Waals surface area contributed by atoms with Crippen LogP contribution in [0.2, 0.25) is 0 Å². The number of ether oxygens (including phenoxy) is 4. The molecule has 0 amide bonds. The molecule has 1 rings (SSSR count). The van der Waals surface area contributed by atoms with Crippen LogP contribution in [0.5, 0.6) is 0 Å². The van der Waals surface area contributed by atoms with Gasteiger partial charge in [-0.2, -0.15) is 0 Å². The van der Waals surface area contributed by atoms with E-state index < -0.39 is 0 Å². The van der Waals surface area contributed by atoms with Crippen LogP contribution in [-0.4, -0.2) is 40.0 Å². The maximum Gasteiger partial charge on any atom is 0.147 e. The van der Waals surface area contributed by atoms with Gasteiger partial charge in [-0.25, -0.2) is 0 Å². The van der Waals surface area contributed by atoms with Crippen LogP contribution in [0.25, 0.3) is 0 Å². The molecular weight excluding hydrogens is 136 g/mol. The van der Waals surface area contributed by atoms with E-state index in [1.54, 1.807) is 7.11 Å². The summed E-state index contributed by atoms with van der Waals surface area (Å²) in [5, 5.41) is 0. The maximum absolute atomic E-state index is 5.10. The SMILES string of the molecule is COCOCC1COCO1. The summed E-state index contributed by atoms with van der Waals surface area (Å²) in [5.74, 6) is 0. The molecule has 0 spiro atoms. The van der Waals surface area contributed by atoms with Crippen molar-refractivity contribution < 1.29 is 18.9 Å². The van der Waals surface area contributed by atoms with Crippen molar-refractivity contribution in [2.24, 2.45) is 0 Å². The van der Waals surface area contributed by atoms with E-state index in [2.05, 4.69) is 4.74 Å². The minimum atomic E-state index is 0.0927. The van der Waals surface area contributed by atoms with Crippen molar-refractivity contribution in [3.63, 3.8) is 0 Å². The average Bonchev–Trinajstić information content (AvgIpc) is 2.41. The molecule has 0 aromatic carbocycles. The molecule has 1 heterocycles. The van der Waals surface area contributed by atoms with Gasteiger partial charge in [0.1, 0.15) is 19.7 Å². The quantitative estimate of drug-likeness (QED) is 0.414. The summed E-state index contributed by atoms with van der Waals surface area (Å²) in [7, 11) is 1.59. The summed E-state index contributed by atoms with van der Waals surface area (Å²) in [5.41, 5.74) is 0. The van der Waals surface area contributed by atoms with Gasteiger partial charge >= 0.3 is 0 Å². The van der Waals surface area contributed by atoms with Crippen molar-refractivity contribution in [2.45, 2.75) is 6.10 Å². The molecule has 0 bridgehead atoms. The number of hydrogen-bond acceptors (Lipinski definition) is 4. The van der Waals surface area contributed by atoms with Gasteiger partial charge in [-0.1, -0.05) is 0 Å². The molecule has 1 atom stereocenters. The van der Waals surface area contributed by atoms with Gasteiger partial charge in [0.2, 0.25) is 0 Å². The summed E-state index contributed by atoms with van der Waals surface area (Å²) >= 11 is 0. The second-order valence-corrected chi connectivity index (χ2v) is 2.05. The molecule has 60 valence electrons. The Bertz CT molecular complexity index is 79.8. The van der Waals surface area contributed by atoms with Gasteiger partial charge in [0.25, 0.3) is 0 Å². The van der Waals surface area contributed by atoms with Crippen LogP contribution >= 0.6 is 0 Å². The van der Waals surface area contributed by atoms with Crippen LogP contribution in [0.15, 0.2) is 0 Å². The number of rotatable bonds is 4. The fraction of sp³-hybridized carbons (Fsp3) is 1.00. The summed E-state index contributed by atoms with van der Waals surface area (Å²) < 4.78 is 19.8. The van der Waals surface area contributed by atoms with E-state index >= 15 is 0 Å². The highest BCUT2D eigenvalue weighted by atomic mass is 16.7. The Hall–Kier alpha value is -0.160. The van der Waals surface area contributed by atoms with Crippen molar-refractivity contribution in [1.82, 2.24) is 0 Å². The molecule has 4 heteroatoms. The fourth-order valence-electron chi connectivity index (χ4n) is 0.731. The van der Waals surface area contributed by atoms with Gasteiger partial charge in [-0.15, -0.1) is 0 Å². The highest BCUT2D eigenvalue weighted by Crippen LogP contribution is 2.02. The Kier molecular flexibility index (Phi) is 3.67. The Morgan fingerprint density at radius 1 is 1.60 bits per heavy atom. The maximum atomic E-state index is 5.10. The van der Waals surface area contributed by atoms with E-state index in [0.29, 0.717) is 26.8 Å². The molecule has 0 saturated carbocycles. The lowest BCUT2D eigenvalue weighted by atomic mass is 10.4. The first kappa shape index (κ1) is 7.94. The summed E-state index contributed by atoms with van der Waals surface area (Å²) in [6, 6.07) is 0. The van der Waals surface area contributed by atoms with Crippen LogP contribution in [-0.2, 0) is 18.9 Å². The highest BCUT2D eigenvalue weighted by molar-refractivity contribution is 4.56. The molecule has 1 unspecified atom stereocenters. The highest BCUT2D eigenvalue weighted by Gasteiger charge is 2.15. The van der Waals surface area contributed by atoms with E-state index in [1.807, 2.05) is 0 Å². The topological polar surface area (TPSA) is 36.9 Å². The summed E-state index contributed by atoms with van der Waals surface area (Å²) in [6.07, 6.45) is 0.0927. The second kappa shape index (κ2) is 4.62. The third-order valence-electron chi connectivity index (χ3n) is 1.20. The summed E-state index contributed by atoms with van der Waals surface area (Å²) in [4.78, 5) is 0. The first-order chi connectivity index (χ1) is 4.93. The first-order valence-corrected chi connectivity index (χ1v) is 3.19. The third-order valence-corrected chi connectivity index (χ3v) is 1.20. The second-order valence-electron chi connectivity index (χ2n) is 2.05. The molecule has 1 saturated heterocycles. The van der Waals surface area contributed by atoms with Gasteiger partial charge in [-0.05, 0) is 0 Å². The minimum Gasteiger partial charge on any atom is -0.359 e. The van der Waals surface area contributed by atoms with Crippen molar-refractivity contribution in [3.8, 4) is 0 Å². The van der Waals surface area contributed by atoms with Crippen LogP contribution < -0.4 is 0 Å². The van der Waals surface area contributed by atoms with Gasteiger partial charge < -0.3 is 18.9 Å². The predicted molar refractivity (Wildman–Crippen MR) is 33.5 cm³/mol. The molecule has 0 aromatic heterocycles. The Morgan fingerprint density at radius 3 is 3.10 bits per heavy atom. The molecule has 10 heavy (non-hydrogen) atoms. The van der Waals surface area contributed by atoms with E-state index in [9.17, 15) is 0 Å². The lowest BCUT2D eigenvalue weighted by Gasteiger charge is -2.06. The van der Waals surface area contributed by atoms with Crippen molar-refractivity contribution in [3.05, 3.63) is 0 Å². The smallest absolute Gasteiger partial charge is 0.147 e. The zero-order chi connectivity index (χ0) is 7.23. The van der Waals surface area contributed by atoms with E-state index in [-0.39, 0.29) is 6.10 Å². The van der Waals surface area contributed by atoms with Crippen LogP contribution in [0.4, 0.5) is 0 Å². The average molecular weight is 148 g/mol. The minimum absolute atomic E-state index is 0.0927. The normalized spacial score (nSPS) is 25.5. The van der Waals surface area contributed by atoms with Gasteiger partial charge in [0.05, 0.1) is 13.2 Å². The lowest BCUT2D eigenvalue weighted by molar-refractivity contribution is -0.0654. The zero-order valence-electron chi connectivity index (χ0n) is 6.04. The Labute approximate surface area is 60.0 Å². The van der Waals surface area contributed by atoms with Crippen LogP contribution in [0.1, 0.15) is 0 Å². The molecule has 1 aliphatic rings.